The summed E-state index contributed by atoms with van der Waals surface area (Å²) in [5, 5.41) is 10.7. The Balaban J connectivity index is 3.17. The van der Waals surface area contributed by atoms with Gasteiger partial charge in [-0.25, -0.2) is 4.74 Å². The molecule has 1 aromatic carbocycles. The van der Waals surface area contributed by atoms with Crippen LogP contribution in [0.5, 0.6) is 0 Å². The zero-order chi connectivity index (χ0) is 8.97. The molecule has 0 aromatic heterocycles. The molecule has 2 heteroatoms. The molecule has 0 aliphatic carbocycles. The van der Waals surface area contributed by atoms with Crippen molar-refractivity contribution in [2.75, 3.05) is 7.05 Å². The number of rotatable bonds is 1. The fraction of sp³-hybridized carbons (Fsp3) is 0.100. The van der Waals surface area contributed by atoms with Crippen LogP contribution in [0.15, 0.2) is 24.3 Å². The Bertz CT molecular complexity index is 343. The highest BCUT2D eigenvalue weighted by molar-refractivity contribution is 5.79. The number of terminal acetylenes is 1. The predicted molar refractivity (Wildman–Crippen MR) is 49.1 cm³/mol. The van der Waals surface area contributed by atoms with Crippen LogP contribution in [0.3, 0.4) is 0 Å². The standard InChI is InChI=1S/C10H9NO/c1-3-9-6-4-5-7-10(9)8-11(2)12/h1,4-8H,2H3/b11-8-. The Kier molecular flexibility index (Phi) is 2.49. The van der Waals surface area contributed by atoms with Crippen LogP contribution in [-0.2, 0) is 0 Å². The van der Waals surface area contributed by atoms with E-state index in [1.807, 2.05) is 18.2 Å². The SMILES string of the molecule is C#Cc1ccccc1/C=[N+](/C)[O-]. The summed E-state index contributed by atoms with van der Waals surface area (Å²) in [6, 6.07) is 7.30. The molecule has 0 unspecified atom stereocenters. The molecular weight excluding hydrogens is 150 g/mol. The lowest BCUT2D eigenvalue weighted by atomic mass is 10.1. The second kappa shape index (κ2) is 3.59. The van der Waals surface area contributed by atoms with Gasteiger partial charge in [-0.1, -0.05) is 18.1 Å². The predicted octanol–water partition coefficient (Wildman–Crippen LogP) is 1.23. The van der Waals surface area contributed by atoms with E-state index in [2.05, 4.69) is 5.92 Å². The largest absolute Gasteiger partial charge is 0.624 e. The summed E-state index contributed by atoms with van der Waals surface area (Å²) in [7, 11) is 1.42. The van der Waals surface area contributed by atoms with Crippen molar-refractivity contribution in [3.8, 4) is 12.3 Å². The molecule has 1 rings (SSSR count). The minimum Gasteiger partial charge on any atom is -0.624 e. The fourth-order valence-electron chi connectivity index (χ4n) is 0.937. The van der Waals surface area contributed by atoms with Gasteiger partial charge in [0.05, 0.1) is 5.56 Å². The van der Waals surface area contributed by atoms with Gasteiger partial charge < -0.3 is 5.21 Å². The van der Waals surface area contributed by atoms with Crippen LogP contribution < -0.4 is 0 Å². The minimum atomic E-state index is 0.732. The molecule has 0 bridgehead atoms. The van der Waals surface area contributed by atoms with Gasteiger partial charge in [0.15, 0.2) is 6.21 Å². The highest BCUT2D eigenvalue weighted by Crippen LogP contribution is 2.03. The fourth-order valence-corrected chi connectivity index (χ4v) is 0.937. The summed E-state index contributed by atoms with van der Waals surface area (Å²) in [5.74, 6) is 2.50. The van der Waals surface area contributed by atoms with E-state index in [9.17, 15) is 5.21 Å². The van der Waals surface area contributed by atoms with Crippen molar-refractivity contribution in [2.45, 2.75) is 0 Å². The summed E-state index contributed by atoms with van der Waals surface area (Å²) in [5.41, 5.74) is 1.51. The van der Waals surface area contributed by atoms with Crippen molar-refractivity contribution in [3.63, 3.8) is 0 Å². The Morgan fingerprint density at radius 3 is 2.75 bits per heavy atom. The summed E-state index contributed by atoms with van der Waals surface area (Å²) in [4.78, 5) is 0. The summed E-state index contributed by atoms with van der Waals surface area (Å²) in [6.07, 6.45) is 6.69. The Morgan fingerprint density at radius 2 is 2.17 bits per heavy atom. The van der Waals surface area contributed by atoms with Gasteiger partial charge in [0.2, 0.25) is 0 Å². The van der Waals surface area contributed by atoms with Crippen molar-refractivity contribution >= 4 is 6.21 Å². The van der Waals surface area contributed by atoms with Crippen LogP contribution >= 0.6 is 0 Å². The van der Waals surface area contributed by atoms with Gasteiger partial charge in [0.25, 0.3) is 0 Å². The van der Waals surface area contributed by atoms with E-state index >= 15 is 0 Å². The molecule has 0 saturated heterocycles. The molecule has 0 radical (unpaired) electrons. The van der Waals surface area contributed by atoms with Gasteiger partial charge >= 0.3 is 0 Å². The van der Waals surface area contributed by atoms with Crippen LogP contribution in [0.2, 0.25) is 0 Å². The van der Waals surface area contributed by atoms with Crippen LogP contribution in [0.4, 0.5) is 0 Å². The quantitative estimate of drug-likeness (QED) is 0.199. The highest BCUT2D eigenvalue weighted by Gasteiger charge is 1.97. The average molecular weight is 159 g/mol. The molecule has 2 nitrogen and oxygen atoms in total. The van der Waals surface area contributed by atoms with E-state index < -0.39 is 0 Å². The molecule has 12 heavy (non-hydrogen) atoms. The van der Waals surface area contributed by atoms with E-state index in [1.54, 1.807) is 6.07 Å². The summed E-state index contributed by atoms with van der Waals surface area (Å²) in [6.45, 7) is 0. The molecule has 60 valence electrons. The minimum absolute atomic E-state index is 0.732. The highest BCUT2D eigenvalue weighted by atomic mass is 16.5. The van der Waals surface area contributed by atoms with Gasteiger partial charge in [-0.15, -0.1) is 6.42 Å². The van der Waals surface area contributed by atoms with Crippen molar-refractivity contribution in [1.82, 2.24) is 0 Å². The molecule has 0 aliphatic rings. The lowest BCUT2D eigenvalue weighted by Gasteiger charge is -1.97. The van der Waals surface area contributed by atoms with E-state index in [1.165, 1.54) is 13.3 Å². The lowest BCUT2D eigenvalue weighted by molar-refractivity contribution is -0.416. The van der Waals surface area contributed by atoms with E-state index in [-0.39, 0.29) is 0 Å². The molecular formula is C10H9NO. The third-order valence-corrected chi connectivity index (χ3v) is 1.44. The van der Waals surface area contributed by atoms with Crippen LogP contribution in [0.25, 0.3) is 0 Å². The van der Waals surface area contributed by atoms with Crippen LogP contribution in [0.1, 0.15) is 11.1 Å². The number of hydrogen-bond donors (Lipinski definition) is 0. The molecule has 1 aromatic rings. The van der Waals surface area contributed by atoms with Crippen molar-refractivity contribution in [3.05, 3.63) is 40.6 Å². The van der Waals surface area contributed by atoms with Crippen molar-refractivity contribution < 1.29 is 4.74 Å². The van der Waals surface area contributed by atoms with Crippen molar-refractivity contribution in [1.29, 1.82) is 0 Å². The first kappa shape index (κ1) is 8.35. The smallest absolute Gasteiger partial charge is 0.182 e. The van der Waals surface area contributed by atoms with Gasteiger partial charge in [0.1, 0.15) is 7.05 Å². The first-order valence-corrected chi connectivity index (χ1v) is 3.54. The molecule has 0 aliphatic heterocycles. The maximum absolute atomic E-state index is 10.7. The first-order chi connectivity index (χ1) is 5.74. The molecule has 0 amide bonds. The number of hydroxylamine groups is 1. The average Bonchev–Trinajstić information content (AvgIpc) is 2.04. The molecule has 0 saturated carbocycles. The first-order valence-electron chi connectivity index (χ1n) is 3.54. The normalized spacial score (nSPS) is 10.8. The third-order valence-electron chi connectivity index (χ3n) is 1.44. The Morgan fingerprint density at radius 1 is 1.50 bits per heavy atom. The zero-order valence-electron chi connectivity index (χ0n) is 6.82. The number of benzene rings is 1. The molecule has 0 heterocycles. The molecule has 0 atom stereocenters. The lowest BCUT2D eigenvalue weighted by Crippen LogP contribution is -1.99. The van der Waals surface area contributed by atoms with E-state index in [0.717, 1.165) is 15.9 Å². The molecule has 0 N–H and O–H groups in total. The summed E-state index contributed by atoms with van der Waals surface area (Å²) < 4.78 is 0.732. The van der Waals surface area contributed by atoms with Gasteiger partial charge in [-0.3, -0.25) is 0 Å². The van der Waals surface area contributed by atoms with Gasteiger partial charge in [-0.2, -0.15) is 0 Å². The van der Waals surface area contributed by atoms with Crippen molar-refractivity contribution in [2.24, 2.45) is 0 Å². The Hall–Kier alpha value is -1.75. The molecule has 0 spiro atoms. The van der Waals surface area contributed by atoms with Crippen LogP contribution in [-0.4, -0.2) is 18.0 Å². The third kappa shape index (κ3) is 1.86. The number of nitrogens with zero attached hydrogens (tertiary/aromatic N) is 1. The van der Waals surface area contributed by atoms with Crippen LogP contribution in [0, 0.1) is 17.6 Å². The second-order valence-corrected chi connectivity index (χ2v) is 2.41. The maximum atomic E-state index is 10.7. The Labute approximate surface area is 71.7 Å². The molecule has 0 fully saturated rings. The van der Waals surface area contributed by atoms with Gasteiger partial charge in [-0.05, 0) is 12.1 Å². The zero-order valence-corrected chi connectivity index (χ0v) is 6.82. The van der Waals surface area contributed by atoms with E-state index in [0.29, 0.717) is 0 Å². The van der Waals surface area contributed by atoms with Gasteiger partial charge in [0, 0.05) is 5.56 Å². The van der Waals surface area contributed by atoms with E-state index in [4.69, 9.17) is 6.42 Å². The monoisotopic (exact) mass is 159 g/mol. The number of hydrogen-bond acceptors (Lipinski definition) is 1. The maximum Gasteiger partial charge on any atom is 0.182 e. The second-order valence-electron chi connectivity index (χ2n) is 2.41. The topological polar surface area (TPSA) is 26.1 Å². The summed E-state index contributed by atoms with van der Waals surface area (Å²) >= 11 is 0.